The number of nitrogens with zero attached hydrogens (tertiary/aromatic N) is 1. The molecule has 0 unspecified atom stereocenters. The lowest BCUT2D eigenvalue weighted by atomic mass is 10.2. The van der Waals surface area contributed by atoms with Crippen molar-refractivity contribution in [3.63, 3.8) is 0 Å². The van der Waals surface area contributed by atoms with E-state index in [9.17, 15) is 18.9 Å². The third kappa shape index (κ3) is 2.85. The fraction of sp³-hybridized carbons (Fsp3) is 0.0769. The Hall–Kier alpha value is -2.50. The monoisotopic (exact) mass is 264 g/mol. The van der Waals surface area contributed by atoms with Crippen molar-refractivity contribution in [2.24, 2.45) is 0 Å². The minimum absolute atomic E-state index is 0.0333. The lowest BCUT2D eigenvalue weighted by molar-refractivity contribution is -0.384. The van der Waals surface area contributed by atoms with Crippen molar-refractivity contribution < 1.29 is 13.7 Å². The summed E-state index contributed by atoms with van der Waals surface area (Å²) in [4.78, 5) is 10.1. The summed E-state index contributed by atoms with van der Waals surface area (Å²) in [6.07, 6.45) is 0. The van der Waals surface area contributed by atoms with E-state index < -0.39 is 16.6 Å². The third-order valence-electron chi connectivity index (χ3n) is 2.60. The zero-order valence-electron chi connectivity index (χ0n) is 9.77. The molecule has 4 nitrogen and oxygen atoms in total. The molecule has 2 aromatic carbocycles. The number of hydrogen-bond donors (Lipinski definition) is 1. The average Bonchev–Trinajstić information content (AvgIpc) is 2.38. The summed E-state index contributed by atoms with van der Waals surface area (Å²) in [5, 5.41) is 13.3. The fourth-order valence-electron chi connectivity index (χ4n) is 1.67. The third-order valence-corrected chi connectivity index (χ3v) is 2.60. The average molecular weight is 264 g/mol. The maximum absolute atomic E-state index is 13.6. The Kier molecular flexibility index (Phi) is 3.70. The summed E-state index contributed by atoms with van der Waals surface area (Å²) in [5.41, 5.74) is -0.313. The van der Waals surface area contributed by atoms with Crippen LogP contribution in [0.15, 0.2) is 42.5 Å². The van der Waals surface area contributed by atoms with Crippen LogP contribution < -0.4 is 5.32 Å². The highest BCUT2D eigenvalue weighted by molar-refractivity contribution is 5.62. The molecule has 0 heterocycles. The normalized spacial score (nSPS) is 10.2. The topological polar surface area (TPSA) is 55.2 Å². The van der Waals surface area contributed by atoms with Gasteiger partial charge in [-0.1, -0.05) is 24.3 Å². The molecule has 0 aromatic heterocycles. The molecule has 98 valence electrons. The molecule has 6 heteroatoms. The van der Waals surface area contributed by atoms with Crippen molar-refractivity contribution in [1.82, 2.24) is 0 Å². The predicted octanol–water partition coefficient (Wildman–Crippen LogP) is 3.49. The van der Waals surface area contributed by atoms with E-state index in [0.29, 0.717) is 5.56 Å². The SMILES string of the molecule is O=[N+]([O-])c1cccc(F)c1NCc1ccccc1F. The van der Waals surface area contributed by atoms with Crippen molar-refractivity contribution in [3.8, 4) is 0 Å². The van der Waals surface area contributed by atoms with Gasteiger partial charge in [-0.3, -0.25) is 10.1 Å². The van der Waals surface area contributed by atoms with Crippen molar-refractivity contribution in [3.05, 3.63) is 69.8 Å². The summed E-state index contributed by atoms with van der Waals surface area (Å²) in [5.74, 6) is -1.19. The second-order valence-corrected chi connectivity index (χ2v) is 3.84. The molecule has 0 aliphatic rings. The molecule has 0 spiro atoms. The van der Waals surface area contributed by atoms with E-state index in [4.69, 9.17) is 0 Å². The van der Waals surface area contributed by atoms with Gasteiger partial charge in [0.1, 0.15) is 11.5 Å². The van der Waals surface area contributed by atoms with Gasteiger partial charge < -0.3 is 5.32 Å². The van der Waals surface area contributed by atoms with E-state index >= 15 is 0 Å². The van der Waals surface area contributed by atoms with Crippen LogP contribution in [-0.4, -0.2) is 4.92 Å². The molecule has 0 aliphatic carbocycles. The van der Waals surface area contributed by atoms with Gasteiger partial charge in [-0.2, -0.15) is 0 Å². The van der Waals surface area contributed by atoms with Crippen LogP contribution in [0.1, 0.15) is 5.56 Å². The summed E-state index contributed by atoms with van der Waals surface area (Å²) in [7, 11) is 0. The Morgan fingerprint density at radius 3 is 2.42 bits per heavy atom. The standard InChI is InChI=1S/C13H10F2N2O2/c14-10-5-2-1-4-9(10)8-16-13-11(15)6-3-7-12(13)17(18)19/h1-7,16H,8H2. The van der Waals surface area contributed by atoms with E-state index in [2.05, 4.69) is 5.32 Å². The number of anilines is 1. The Morgan fingerprint density at radius 1 is 1.05 bits per heavy atom. The van der Waals surface area contributed by atoms with Crippen molar-refractivity contribution in [1.29, 1.82) is 0 Å². The molecule has 0 atom stereocenters. The van der Waals surface area contributed by atoms with Gasteiger partial charge in [0.25, 0.3) is 5.69 Å². The number of benzene rings is 2. The molecule has 0 saturated carbocycles. The van der Waals surface area contributed by atoms with Crippen LogP contribution in [0.2, 0.25) is 0 Å². The predicted molar refractivity (Wildman–Crippen MR) is 66.8 cm³/mol. The Labute approximate surface area is 107 Å². The van der Waals surface area contributed by atoms with Crippen LogP contribution in [0.5, 0.6) is 0 Å². The van der Waals surface area contributed by atoms with Crippen LogP contribution >= 0.6 is 0 Å². The summed E-state index contributed by atoms with van der Waals surface area (Å²) in [6, 6.07) is 9.51. The lowest BCUT2D eigenvalue weighted by Crippen LogP contribution is -2.06. The number of rotatable bonds is 4. The van der Waals surface area contributed by atoms with Gasteiger partial charge >= 0.3 is 0 Å². The maximum atomic E-state index is 13.6. The summed E-state index contributed by atoms with van der Waals surface area (Å²) in [6.45, 7) is -0.0333. The minimum atomic E-state index is -0.745. The number of hydrogen-bond acceptors (Lipinski definition) is 3. The molecular weight excluding hydrogens is 254 g/mol. The van der Waals surface area contributed by atoms with Gasteiger partial charge in [0, 0.05) is 18.2 Å². The van der Waals surface area contributed by atoms with E-state index in [0.717, 1.165) is 6.07 Å². The Balaban J connectivity index is 2.25. The first-order valence-electron chi connectivity index (χ1n) is 5.50. The van der Waals surface area contributed by atoms with Crippen LogP contribution in [0.25, 0.3) is 0 Å². The fourth-order valence-corrected chi connectivity index (χ4v) is 1.67. The van der Waals surface area contributed by atoms with Gasteiger partial charge in [0.05, 0.1) is 4.92 Å². The van der Waals surface area contributed by atoms with Crippen LogP contribution in [-0.2, 0) is 6.54 Å². The number of nitrogens with one attached hydrogen (secondary N) is 1. The van der Waals surface area contributed by atoms with Crippen molar-refractivity contribution >= 4 is 11.4 Å². The van der Waals surface area contributed by atoms with E-state index in [1.165, 1.54) is 30.3 Å². The quantitative estimate of drug-likeness (QED) is 0.679. The largest absolute Gasteiger partial charge is 0.373 e. The molecule has 0 saturated heterocycles. The van der Waals surface area contributed by atoms with Gasteiger partial charge in [-0.05, 0) is 12.1 Å². The van der Waals surface area contributed by atoms with Crippen LogP contribution in [0, 0.1) is 21.7 Å². The molecule has 0 bridgehead atoms. The molecular formula is C13H10F2N2O2. The molecule has 19 heavy (non-hydrogen) atoms. The highest BCUT2D eigenvalue weighted by atomic mass is 19.1. The van der Waals surface area contributed by atoms with Crippen LogP contribution in [0.4, 0.5) is 20.2 Å². The molecule has 0 amide bonds. The van der Waals surface area contributed by atoms with Crippen molar-refractivity contribution in [2.45, 2.75) is 6.54 Å². The number of nitro benzene ring substituents is 1. The van der Waals surface area contributed by atoms with Gasteiger partial charge in [-0.15, -0.1) is 0 Å². The second kappa shape index (κ2) is 5.43. The first kappa shape index (κ1) is 12.9. The van der Waals surface area contributed by atoms with Gasteiger partial charge in [0.15, 0.2) is 5.82 Å². The highest BCUT2D eigenvalue weighted by Crippen LogP contribution is 2.27. The molecule has 0 radical (unpaired) electrons. The van der Waals surface area contributed by atoms with E-state index in [-0.39, 0.29) is 17.9 Å². The summed E-state index contributed by atoms with van der Waals surface area (Å²) >= 11 is 0. The van der Waals surface area contributed by atoms with Gasteiger partial charge in [0.2, 0.25) is 0 Å². The first-order chi connectivity index (χ1) is 9.09. The zero-order valence-corrected chi connectivity index (χ0v) is 9.77. The van der Waals surface area contributed by atoms with Crippen LogP contribution in [0.3, 0.4) is 0 Å². The first-order valence-corrected chi connectivity index (χ1v) is 5.50. The Bertz CT molecular complexity index is 617. The zero-order chi connectivity index (χ0) is 13.8. The molecule has 0 aliphatic heterocycles. The number of halogens is 2. The summed E-state index contributed by atoms with van der Waals surface area (Å²) < 4.78 is 26.9. The molecule has 1 N–H and O–H groups in total. The minimum Gasteiger partial charge on any atom is -0.373 e. The molecule has 2 rings (SSSR count). The maximum Gasteiger partial charge on any atom is 0.295 e. The van der Waals surface area contributed by atoms with E-state index in [1.807, 2.05) is 0 Å². The number of nitro groups is 1. The number of para-hydroxylation sites is 1. The highest BCUT2D eigenvalue weighted by Gasteiger charge is 2.17. The molecule has 0 fully saturated rings. The van der Waals surface area contributed by atoms with Crippen molar-refractivity contribution in [2.75, 3.05) is 5.32 Å². The van der Waals surface area contributed by atoms with E-state index in [1.54, 1.807) is 6.07 Å². The second-order valence-electron chi connectivity index (χ2n) is 3.84. The Morgan fingerprint density at radius 2 is 1.74 bits per heavy atom. The molecule has 2 aromatic rings. The smallest absolute Gasteiger partial charge is 0.295 e. The van der Waals surface area contributed by atoms with Gasteiger partial charge in [-0.25, -0.2) is 8.78 Å². The lowest BCUT2D eigenvalue weighted by Gasteiger charge is -2.08.